The van der Waals surface area contributed by atoms with Gasteiger partial charge in [0.1, 0.15) is 0 Å². The smallest absolute Gasteiger partial charge is 0.311 e. The molecule has 0 saturated carbocycles. The fourth-order valence-corrected chi connectivity index (χ4v) is 1.48. The molecular weight excluding hydrogens is 226 g/mol. The number of hydrogen-bond donors (Lipinski definition) is 0. The van der Waals surface area contributed by atoms with Gasteiger partial charge in [0.15, 0.2) is 0 Å². The van der Waals surface area contributed by atoms with E-state index in [2.05, 4.69) is 15.0 Å². The highest BCUT2D eigenvalue weighted by Gasteiger charge is 2.13. The Kier molecular flexibility index (Phi) is 3.22. The average molecular weight is 236 g/mol. The number of benzene rings is 1. The molecule has 0 bridgehead atoms. The zero-order valence-corrected chi connectivity index (χ0v) is 9.14. The summed E-state index contributed by atoms with van der Waals surface area (Å²) in [5.74, 6) is -0.0382. The third-order valence-corrected chi connectivity index (χ3v) is 2.19. The number of halogens is 2. The van der Waals surface area contributed by atoms with Gasteiger partial charge in [-0.05, 0) is 19.1 Å². The van der Waals surface area contributed by atoms with Gasteiger partial charge in [0.25, 0.3) is 0 Å². The Bertz CT molecular complexity index is 484. The number of aromatic nitrogens is 3. The van der Waals surface area contributed by atoms with Crippen LogP contribution in [0.5, 0.6) is 0 Å². The molecule has 0 fully saturated rings. The second-order valence-electron chi connectivity index (χ2n) is 3.25. The van der Waals surface area contributed by atoms with E-state index >= 15 is 0 Å². The van der Waals surface area contributed by atoms with Gasteiger partial charge in [-0.1, -0.05) is 18.2 Å². The highest BCUT2D eigenvalue weighted by molar-refractivity contribution is 5.56. The lowest BCUT2D eigenvalue weighted by Gasteiger charge is -2.20. The van der Waals surface area contributed by atoms with Gasteiger partial charge in [-0.2, -0.15) is 23.7 Å². The molecule has 0 N–H and O–H groups in total. The maximum atomic E-state index is 12.9. The molecule has 1 aromatic heterocycles. The summed E-state index contributed by atoms with van der Waals surface area (Å²) < 4.78 is 25.8. The molecule has 6 heteroatoms. The summed E-state index contributed by atoms with van der Waals surface area (Å²) in [6, 6.07) is 9.12. The van der Waals surface area contributed by atoms with Gasteiger partial charge >= 0.3 is 12.2 Å². The van der Waals surface area contributed by atoms with Crippen molar-refractivity contribution in [1.29, 1.82) is 0 Å². The first-order valence-electron chi connectivity index (χ1n) is 5.10. The summed E-state index contributed by atoms with van der Waals surface area (Å²) in [6.07, 6.45) is -2.25. The lowest BCUT2D eigenvalue weighted by Crippen LogP contribution is -2.20. The van der Waals surface area contributed by atoms with Gasteiger partial charge in [0.05, 0.1) is 0 Å². The molecule has 1 heterocycles. The highest BCUT2D eigenvalue weighted by atomic mass is 19.1. The molecule has 1 aromatic carbocycles. The predicted octanol–water partition coefficient (Wildman–Crippen LogP) is 2.31. The number of hydrogen-bond acceptors (Lipinski definition) is 4. The van der Waals surface area contributed by atoms with E-state index in [-0.39, 0.29) is 5.95 Å². The molecule has 0 atom stereocenters. The Labute approximate surface area is 97.0 Å². The van der Waals surface area contributed by atoms with Crippen LogP contribution in [0.2, 0.25) is 0 Å². The maximum Gasteiger partial charge on any atom is 0.315 e. The van der Waals surface area contributed by atoms with Crippen molar-refractivity contribution in [3.63, 3.8) is 0 Å². The van der Waals surface area contributed by atoms with Crippen molar-refractivity contribution in [2.75, 3.05) is 11.4 Å². The summed E-state index contributed by atoms with van der Waals surface area (Å²) in [7, 11) is 0. The molecule has 88 valence electrons. The SMILES string of the molecule is CCN(c1ccccc1)c1nc(F)nc(F)n1. The summed E-state index contributed by atoms with van der Waals surface area (Å²) in [5, 5.41) is 0. The molecule has 0 spiro atoms. The first-order valence-corrected chi connectivity index (χ1v) is 5.10. The summed E-state index contributed by atoms with van der Waals surface area (Å²) >= 11 is 0. The van der Waals surface area contributed by atoms with Crippen LogP contribution in [-0.4, -0.2) is 21.5 Å². The van der Waals surface area contributed by atoms with Crippen molar-refractivity contribution < 1.29 is 8.78 Å². The Morgan fingerprint density at radius 3 is 2.12 bits per heavy atom. The molecule has 0 saturated heterocycles. The molecule has 2 rings (SSSR count). The van der Waals surface area contributed by atoms with Crippen LogP contribution in [0.3, 0.4) is 0 Å². The van der Waals surface area contributed by atoms with Crippen LogP contribution in [0.25, 0.3) is 0 Å². The quantitative estimate of drug-likeness (QED) is 0.820. The van der Waals surface area contributed by atoms with Crippen LogP contribution in [0, 0.1) is 12.2 Å². The van der Waals surface area contributed by atoms with Crippen LogP contribution >= 0.6 is 0 Å². The predicted molar refractivity (Wildman–Crippen MR) is 58.9 cm³/mol. The van der Waals surface area contributed by atoms with Gasteiger partial charge in [0.2, 0.25) is 5.95 Å². The van der Waals surface area contributed by atoms with E-state index < -0.39 is 12.2 Å². The molecule has 0 radical (unpaired) electrons. The van der Waals surface area contributed by atoms with Gasteiger partial charge in [-0.15, -0.1) is 0 Å². The van der Waals surface area contributed by atoms with Crippen molar-refractivity contribution >= 4 is 11.6 Å². The van der Waals surface area contributed by atoms with Crippen molar-refractivity contribution in [3.05, 3.63) is 42.5 Å². The number of rotatable bonds is 3. The van der Waals surface area contributed by atoms with Crippen LogP contribution in [0.4, 0.5) is 20.4 Å². The lowest BCUT2D eigenvalue weighted by atomic mass is 10.3. The van der Waals surface area contributed by atoms with Gasteiger partial charge in [-0.25, -0.2) is 0 Å². The van der Waals surface area contributed by atoms with Crippen molar-refractivity contribution in [3.8, 4) is 0 Å². The number of para-hydroxylation sites is 1. The maximum absolute atomic E-state index is 12.9. The normalized spacial score (nSPS) is 10.3. The standard InChI is InChI=1S/C11H10F2N4/c1-2-17(8-6-4-3-5-7-8)11-15-9(12)14-10(13)16-11/h3-7H,2H2,1H3. The van der Waals surface area contributed by atoms with E-state index in [9.17, 15) is 8.78 Å². The third kappa shape index (κ3) is 2.52. The molecule has 0 unspecified atom stereocenters. The minimum Gasteiger partial charge on any atom is -0.311 e. The Balaban J connectivity index is 2.42. The van der Waals surface area contributed by atoms with Crippen LogP contribution < -0.4 is 4.90 Å². The van der Waals surface area contributed by atoms with Crippen LogP contribution in [-0.2, 0) is 0 Å². The molecule has 0 aliphatic rings. The molecule has 0 aliphatic carbocycles. The topological polar surface area (TPSA) is 41.9 Å². The van der Waals surface area contributed by atoms with Crippen molar-refractivity contribution in [1.82, 2.24) is 15.0 Å². The second-order valence-corrected chi connectivity index (χ2v) is 3.25. The molecule has 2 aromatic rings. The van der Waals surface area contributed by atoms with Crippen LogP contribution in [0.15, 0.2) is 30.3 Å². The van der Waals surface area contributed by atoms with E-state index in [4.69, 9.17) is 0 Å². The third-order valence-electron chi connectivity index (χ3n) is 2.19. The Hall–Kier alpha value is -2.11. The Morgan fingerprint density at radius 1 is 1.00 bits per heavy atom. The fourth-order valence-electron chi connectivity index (χ4n) is 1.48. The zero-order valence-electron chi connectivity index (χ0n) is 9.14. The summed E-state index contributed by atoms with van der Waals surface area (Å²) in [4.78, 5) is 11.4. The van der Waals surface area contributed by atoms with Gasteiger partial charge in [-0.3, -0.25) is 0 Å². The van der Waals surface area contributed by atoms with Crippen molar-refractivity contribution in [2.45, 2.75) is 6.92 Å². The van der Waals surface area contributed by atoms with Gasteiger partial charge < -0.3 is 4.90 Å². The monoisotopic (exact) mass is 236 g/mol. The highest BCUT2D eigenvalue weighted by Crippen LogP contribution is 2.20. The van der Waals surface area contributed by atoms with E-state index in [0.29, 0.717) is 6.54 Å². The average Bonchev–Trinajstić information content (AvgIpc) is 2.30. The number of nitrogens with zero attached hydrogens (tertiary/aromatic N) is 4. The second kappa shape index (κ2) is 4.82. The summed E-state index contributed by atoms with van der Waals surface area (Å²) in [5.41, 5.74) is 0.764. The Morgan fingerprint density at radius 2 is 1.59 bits per heavy atom. The van der Waals surface area contributed by atoms with E-state index in [1.54, 1.807) is 4.90 Å². The van der Waals surface area contributed by atoms with Crippen molar-refractivity contribution in [2.24, 2.45) is 0 Å². The van der Waals surface area contributed by atoms with Gasteiger partial charge in [0, 0.05) is 12.2 Å². The lowest BCUT2D eigenvalue weighted by molar-refractivity contribution is 0.455. The first-order chi connectivity index (χ1) is 8.20. The molecule has 17 heavy (non-hydrogen) atoms. The fraction of sp³-hybridized carbons (Fsp3) is 0.182. The van der Waals surface area contributed by atoms with E-state index in [1.807, 2.05) is 37.3 Å². The molecule has 4 nitrogen and oxygen atoms in total. The van der Waals surface area contributed by atoms with Crippen LogP contribution in [0.1, 0.15) is 6.92 Å². The molecule has 0 amide bonds. The minimum absolute atomic E-state index is 0.0382. The summed E-state index contributed by atoms with van der Waals surface area (Å²) in [6.45, 7) is 2.33. The zero-order chi connectivity index (χ0) is 12.3. The first kappa shape index (κ1) is 11.4. The molecular formula is C11H10F2N4. The largest absolute Gasteiger partial charge is 0.315 e. The van der Waals surface area contributed by atoms with E-state index in [0.717, 1.165) is 5.69 Å². The molecule has 0 aliphatic heterocycles. The number of anilines is 2. The van der Waals surface area contributed by atoms with E-state index in [1.165, 1.54) is 0 Å². The minimum atomic E-state index is -1.12.